The summed E-state index contributed by atoms with van der Waals surface area (Å²) in [4.78, 5) is 35.1. The molecule has 1 aliphatic heterocycles. The first-order valence-electron chi connectivity index (χ1n) is 6.37. The molecule has 0 aliphatic carbocycles. The van der Waals surface area contributed by atoms with Crippen LogP contribution in [-0.4, -0.2) is 36.4 Å². The largest absolute Gasteiger partial charge is 0.497 e. The minimum atomic E-state index is -0.624. The molecule has 0 atom stereocenters. The fraction of sp³-hybridized carbons (Fsp3) is 0.357. The maximum Gasteiger partial charge on any atom is 0.330 e. The number of urea groups is 1. The Morgan fingerprint density at radius 2 is 1.90 bits per heavy atom. The minimum Gasteiger partial charge on any atom is -0.497 e. The molecule has 6 nitrogen and oxygen atoms in total. The fourth-order valence-electron chi connectivity index (χ4n) is 2.04. The molecule has 1 saturated heterocycles. The second-order valence-corrected chi connectivity index (χ2v) is 4.53. The van der Waals surface area contributed by atoms with Crippen molar-refractivity contribution in [2.24, 2.45) is 0 Å². The molecule has 6 heteroatoms. The van der Waals surface area contributed by atoms with E-state index in [2.05, 4.69) is 5.32 Å². The van der Waals surface area contributed by atoms with Gasteiger partial charge in [-0.1, -0.05) is 12.1 Å². The molecular weight excluding hydrogens is 260 g/mol. The van der Waals surface area contributed by atoms with Crippen molar-refractivity contribution in [2.75, 3.05) is 13.7 Å². The summed E-state index contributed by atoms with van der Waals surface area (Å²) in [7, 11) is 1.61. The van der Waals surface area contributed by atoms with Crippen LogP contribution in [0.3, 0.4) is 0 Å². The number of hydrogen-bond donors (Lipinski definition) is 1. The van der Waals surface area contributed by atoms with E-state index in [0.717, 1.165) is 22.6 Å². The molecule has 1 aliphatic rings. The summed E-state index contributed by atoms with van der Waals surface area (Å²) < 4.78 is 5.07. The summed E-state index contributed by atoms with van der Waals surface area (Å²) in [5, 5.41) is 2.13. The number of nitrogens with zero attached hydrogens (tertiary/aromatic N) is 1. The molecule has 0 radical (unpaired) electrons. The number of rotatable bonds is 5. The summed E-state index contributed by atoms with van der Waals surface area (Å²) in [6.45, 7) is 0.309. The van der Waals surface area contributed by atoms with Crippen molar-refractivity contribution in [1.29, 1.82) is 0 Å². The normalized spacial score (nSPS) is 15.2. The van der Waals surface area contributed by atoms with Gasteiger partial charge in [0, 0.05) is 6.54 Å². The van der Waals surface area contributed by atoms with Crippen LogP contribution in [0.15, 0.2) is 24.3 Å². The number of carbonyl (C=O) groups excluding carboxylic acids is 3. The Morgan fingerprint density at radius 1 is 1.20 bits per heavy atom. The van der Waals surface area contributed by atoms with Crippen molar-refractivity contribution >= 4 is 17.8 Å². The molecule has 106 valence electrons. The fourth-order valence-corrected chi connectivity index (χ4v) is 2.04. The molecule has 20 heavy (non-hydrogen) atoms. The summed E-state index contributed by atoms with van der Waals surface area (Å²) in [6, 6.07) is 7.00. The highest BCUT2D eigenvalue weighted by Gasteiger charge is 2.29. The molecule has 4 amide bonds. The van der Waals surface area contributed by atoms with E-state index in [1.54, 1.807) is 7.11 Å². The van der Waals surface area contributed by atoms with E-state index in [-0.39, 0.29) is 6.42 Å². The molecule has 1 heterocycles. The highest BCUT2D eigenvalue weighted by Crippen LogP contribution is 2.13. The number of amides is 4. The van der Waals surface area contributed by atoms with Crippen LogP contribution in [-0.2, 0) is 16.0 Å². The zero-order chi connectivity index (χ0) is 14.5. The SMILES string of the molecule is COc1ccc(CCCN2C(=O)CC(=O)NC2=O)cc1. The van der Waals surface area contributed by atoms with E-state index in [1.807, 2.05) is 24.3 Å². The van der Waals surface area contributed by atoms with E-state index in [1.165, 1.54) is 0 Å². The molecule has 0 spiro atoms. The summed E-state index contributed by atoms with van der Waals surface area (Å²) in [5.74, 6) is -0.183. The van der Waals surface area contributed by atoms with Crippen LogP contribution in [0.2, 0.25) is 0 Å². The highest BCUT2D eigenvalue weighted by molar-refractivity contribution is 6.14. The Labute approximate surface area is 116 Å². The molecule has 0 bridgehead atoms. The van der Waals surface area contributed by atoms with Crippen molar-refractivity contribution in [3.8, 4) is 5.75 Å². The number of aryl methyl sites for hydroxylation is 1. The van der Waals surface area contributed by atoms with Crippen molar-refractivity contribution < 1.29 is 19.1 Å². The maximum atomic E-state index is 11.6. The highest BCUT2D eigenvalue weighted by atomic mass is 16.5. The zero-order valence-corrected chi connectivity index (χ0v) is 11.2. The number of carbonyl (C=O) groups is 3. The Kier molecular flexibility index (Phi) is 4.34. The lowest BCUT2D eigenvalue weighted by Gasteiger charge is -2.24. The lowest BCUT2D eigenvalue weighted by Crippen LogP contribution is -2.52. The quantitative estimate of drug-likeness (QED) is 0.817. The average Bonchev–Trinajstić information content (AvgIpc) is 2.42. The Morgan fingerprint density at radius 3 is 2.50 bits per heavy atom. The molecule has 2 rings (SSSR count). The van der Waals surface area contributed by atoms with E-state index < -0.39 is 17.8 Å². The summed E-state index contributed by atoms with van der Waals surface area (Å²) in [5.41, 5.74) is 1.10. The standard InChI is InChI=1S/C14H16N2O4/c1-20-11-6-4-10(5-7-11)3-2-8-16-13(18)9-12(17)15-14(16)19/h4-7H,2-3,8-9H2,1H3,(H,15,17,19). The van der Waals surface area contributed by atoms with Gasteiger partial charge in [-0.3, -0.25) is 19.8 Å². The van der Waals surface area contributed by atoms with Gasteiger partial charge < -0.3 is 4.74 Å². The number of methoxy groups -OCH3 is 1. The van der Waals surface area contributed by atoms with Gasteiger partial charge >= 0.3 is 6.03 Å². The summed E-state index contributed by atoms with van der Waals surface area (Å²) in [6.07, 6.45) is 1.14. The van der Waals surface area contributed by atoms with Crippen molar-refractivity contribution in [3.05, 3.63) is 29.8 Å². The van der Waals surface area contributed by atoms with E-state index >= 15 is 0 Å². The van der Waals surface area contributed by atoms with Crippen LogP contribution in [0.4, 0.5) is 4.79 Å². The first kappa shape index (κ1) is 14.0. The van der Waals surface area contributed by atoms with E-state index in [9.17, 15) is 14.4 Å². The van der Waals surface area contributed by atoms with Gasteiger partial charge in [-0.2, -0.15) is 0 Å². The number of barbiturate groups is 1. The van der Waals surface area contributed by atoms with Crippen LogP contribution in [0.1, 0.15) is 18.4 Å². The predicted octanol–water partition coefficient (Wildman–Crippen LogP) is 1.10. The first-order chi connectivity index (χ1) is 9.60. The maximum absolute atomic E-state index is 11.6. The average molecular weight is 276 g/mol. The minimum absolute atomic E-state index is 0.256. The number of imide groups is 2. The van der Waals surface area contributed by atoms with Crippen LogP contribution in [0.5, 0.6) is 5.75 Å². The van der Waals surface area contributed by atoms with Crippen molar-refractivity contribution in [3.63, 3.8) is 0 Å². The Hall–Kier alpha value is -2.37. The molecule has 0 aromatic heterocycles. The van der Waals surface area contributed by atoms with Crippen LogP contribution in [0, 0.1) is 0 Å². The van der Waals surface area contributed by atoms with Crippen LogP contribution in [0.25, 0.3) is 0 Å². The Balaban J connectivity index is 1.84. The van der Waals surface area contributed by atoms with Gasteiger partial charge in [-0.05, 0) is 30.5 Å². The first-order valence-corrected chi connectivity index (χ1v) is 6.37. The second-order valence-electron chi connectivity index (χ2n) is 4.53. The summed E-state index contributed by atoms with van der Waals surface area (Å²) >= 11 is 0. The number of hydrogen-bond acceptors (Lipinski definition) is 4. The number of benzene rings is 1. The van der Waals surface area contributed by atoms with Gasteiger partial charge in [-0.25, -0.2) is 4.79 Å². The Bertz CT molecular complexity index is 504. The molecule has 0 saturated carbocycles. The lowest BCUT2D eigenvalue weighted by molar-refractivity contribution is -0.136. The molecule has 0 unspecified atom stereocenters. The molecule has 1 fully saturated rings. The predicted molar refractivity (Wildman–Crippen MR) is 71.2 cm³/mol. The molecule has 1 aromatic carbocycles. The van der Waals surface area contributed by atoms with Gasteiger partial charge in [0.1, 0.15) is 12.2 Å². The third-order valence-electron chi connectivity index (χ3n) is 3.11. The van der Waals surface area contributed by atoms with Gasteiger partial charge in [0.05, 0.1) is 7.11 Å². The van der Waals surface area contributed by atoms with E-state index in [0.29, 0.717) is 13.0 Å². The van der Waals surface area contributed by atoms with Crippen LogP contribution < -0.4 is 10.1 Å². The van der Waals surface area contributed by atoms with Gasteiger partial charge in [0.25, 0.3) is 0 Å². The van der Waals surface area contributed by atoms with Gasteiger partial charge in [0.2, 0.25) is 11.8 Å². The molecule has 1 aromatic rings. The van der Waals surface area contributed by atoms with Gasteiger partial charge in [-0.15, -0.1) is 0 Å². The topological polar surface area (TPSA) is 75.7 Å². The number of nitrogens with one attached hydrogen (secondary N) is 1. The van der Waals surface area contributed by atoms with Crippen molar-refractivity contribution in [1.82, 2.24) is 10.2 Å². The second kappa shape index (κ2) is 6.18. The lowest BCUT2D eigenvalue weighted by atomic mass is 10.1. The van der Waals surface area contributed by atoms with Crippen molar-refractivity contribution in [2.45, 2.75) is 19.3 Å². The third-order valence-corrected chi connectivity index (χ3v) is 3.11. The molecular formula is C14H16N2O4. The third kappa shape index (κ3) is 3.34. The van der Waals surface area contributed by atoms with E-state index in [4.69, 9.17) is 4.74 Å². The van der Waals surface area contributed by atoms with Gasteiger partial charge in [0.15, 0.2) is 0 Å². The molecule has 1 N–H and O–H groups in total. The smallest absolute Gasteiger partial charge is 0.330 e. The number of ether oxygens (including phenoxy) is 1. The zero-order valence-electron chi connectivity index (χ0n) is 11.2. The monoisotopic (exact) mass is 276 g/mol. The van der Waals surface area contributed by atoms with Crippen LogP contribution >= 0.6 is 0 Å².